The minimum Gasteiger partial charge on any atom is -0.335 e. The quantitative estimate of drug-likeness (QED) is 0.670. The van der Waals surface area contributed by atoms with Crippen molar-refractivity contribution in [1.29, 1.82) is 0 Å². The Kier molecular flexibility index (Phi) is 6.90. The molecule has 0 radical (unpaired) electrons. The minimum absolute atomic E-state index is 0.219. The Balaban J connectivity index is 2.60. The molecule has 110 valence electrons. The summed E-state index contributed by atoms with van der Waals surface area (Å²) in [7, 11) is 1.61. The highest BCUT2D eigenvalue weighted by Gasteiger charge is 2.24. The van der Waals surface area contributed by atoms with Gasteiger partial charge in [0, 0.05) is 7.05 Å². The summed E-state index contributed by atoms with van der Waals surface area (Å²) in [6.45, 7) is 0.502. The topological polar surface area (TPSA) is 89.4 Å². The molecule has 1 aromatic carbocycles. The lowest BCUT2D eigenvalue weighted by Gasteiger charge is -2.26. The van der Waals surface area contributed by atoms with Gasteiger partial charge < -0.3 is 21.2 Å². The zero-order valence-electron chi connectivity index (χ0n) is 11.9. The Hall–Kier alpha value is -1.72. The predicted molar refractivity (Wildman–Crippen MR) is 79.0 cm³/mol. The maximum atomic E-state index is 12.2. The van der Waals surface area contributed by atoms with Gasteiger partial charge in [0.1, 0.15) is 6.29 Å². The number of rotatable bonds is 8. The van der Waals surface area contributed by atoms with Crippen molar-refractivity contribution in [2.75, 3.05) is 13.6 Å². The maximum absolute atomic E-state index is 12.2. The normalized spacial score (nSPS) is 13.6. The first kappa shape index (κ1) is 16.3. The lowest BCUT2D eigenvalue weighted by Crippen LogP contribution is -2.48. The van der Waals surface area contributed by atoms with Crippen molar-refractivity contribution < 1.29 is 9.59 Å². The molecule has 20 heavy (non-hydrogen) atoms. The van der Waals surface area contributed by atoms with Crippen LogP contribution in [0, 0.1) is 0 Å². The fraction of sp³-hybridized carbons (Fsp3) is 0.467. The second-order valence-electron chi connectivity index (χ2n) is 4.88. The van der Waals surface area contributed by atoms with E-state index in [9.17, 15) is 9.59 Å². The van der Waals surface area contributed by atoms with E-state index in [1.807, 2.05) is 30.3 Å². The van der Waals surface area contributed by atoms with E-state index in [-0.39, 0.29) is 5.91 Å². The zero-order chi connectivity index (χ0) is 15.0. The molecule has 0 saturated heterocycles. The highest BCUT2D eigenvalue weighted by molar-refractivity contribution is 5.84. The molecule has 0 heterocycles. The lowest BCUT2D eigenvalue weighted by atomic mass is 10.0. The van der Waals surface area contributed by atoms with Crippen LogP contribution >= 0.6 is 0 Å². The number of hydrogen-bond acceptors (Lipinski definition) is 4. The third-order valence-corrected chi connectivity index (χ3v) is 3.32. The molecule has 0 aromatic heterocycles. The van der Waals surface area contributed by atoms with Crippen molar-refractivity contribution in [3.05, 3.63) is 35.9 Å². The first-order valence-electron chi connectivity index (χ1n) is 6.81. The van der Waals surface area contributed by atoms with Crippen LogP contribution in [0.15, 0.2) is 30.3 Å². The van der Waals surface area contributed by atoms with Crippen LogP contribution in [-0.2, 0) is 16.0 Å². The fourth-order valence-electron chi connectivity index (χ4n) is 2.06. The molecule has 0 saturated carbocycles. The molecule has 1 aromatic rings. The molecule has 0 aliphatic carbocycles. The SMILES string of the molecule is CN(C(=O)[C@H](N)Cc1ccccc1)[C@H](C=O)CCCN. The number of nitrogens with zero attached hydrogens (tertiary/aromatic N) is 1. The van der Waals surface area contributed by atoms with Crippen molar-refractivity contribution in [2.45, 2.75) is 31.3 Å². The summed E-state index contributed by atoms with van der Waals surface area (Å²) in [5.74, 6) is -0.219. The Morgan fingerprint density at radius 2 is 2.00 bits per heavy atom. The van der Waals surface area contributed by atoms with Crippen molar-refractivity contribution >= 4 is 12.2 Å². The van der Waals surface area contributed by atoms with Crippen molar-refractivity contribution in [3.8, 4) is 0 Å². The van der Waals surface area contributed by atoms with E-state index >= 15 is 0 Å². The molecule has 0 unspecified atom stereocenters. The lowest BCUT2D eigenvalue weighted by molar-refractivity contribution is -0.136. The summed E-state index contributed by atoms with van der Waals surface area (Å²) in [6, 6.07) is 8.50. The van der Waals surface area contributed by atoms with Gasteiger partial charge in [0.25, 0.3) is 0 Å². The number of amides is 1. The number of hydrogen-bond donors (Lipinski definition) is 2. The molecule has 1 amide bonds. The van der Waals surface area contributed by atoms with Gasteiger partial charge in [-0.25, -0.2) is 0 Å². The summed E-state index contributed by atoms with van der Waals surface area (Å²) in [6.07, 6.45) is 2.52. The molecule has 0 bridgehead atoms. The first-order chi connectivity index (χ1) is 9.60. The minimum atomic E-state index is -0.636. The summed E-state index contributed by atoms with van der Waals surface area (Å²) >= 11 is 0. The molecule has 4 N–H and O–H groups in total. The number of likely N-dealkylation sites (N-methyl/N-ethyl adjacent to an activating group) is 1. The largest absolute Gasteiger partial charge is 0.335 e. The molecule has 5 nitrogen and oxygen atoms in total. The van der Waals surface area contributed by atoms with Crippen molar-refractivity contribution in [1.82, 2.24) is 4.90 Å². The average Bonchev–Trinajstić information content (AvgIpc) is 2.48. The summed E-state index contributed by atoms with van der Waals surface area (Å²) in [4.78, 5) is 24.7. The van der Waals surface area contributed by atoms with E-state index in [1.165, 1.54) is 4.90 Å². The highest BCUT2D eigenvalue weighted by atomic mass is 16.2. The molecule has 0 aliphatic heterocycles. The third kappa shape index (κ3) is 4.75. The van der Waals surface area contributed by atoms with Gasteiger partial charge in [0.2, 0.25) is 5.91 Å². The second-order valence-corrected chi connectivity index (χ2v) is 4.88. The molecule has 0 fully saturated rings. The van der Waals surface area contributed by atoms with E-state index in [1.54, 1.807) is 7.05 Å². The van der Waals surface area contributed by atoms with Gasteiger partial charge in [-0.15, -0.1) is 0 Å². The van der Waals surface area contributed by atoms with Crippen LogP contribution in [0.3, 0.4) is 0 Å². The van der Waals surface area contributed by atoms with Crippen LogP contribution in [0.5, 0.6) is 0 Å². The van der Waals surface area contributed by atoms with E-state index in [0.29, 0.717) is 25.8 Å². The van der Waals surface area contributed by atoms with Gasteiger partial charge >= 0.3 is 0 Å². The average molecular weight is 277 g/mol. The van der Waals surface area contributed by atoms with Crippen LogP contribution < -0.4 is 11.5 Å². The summed E-state index contributed by atoms with van der Waals surface area (Å²) in [5.41, 5.74) is 12.4. The Labute approximate surface area is 119 Å². The number of carbonyl (C=O) groups is 2. The number of carbonyl (C=O) groups excluding carboxylic acids is 2. The molecule has 2 atom stereocenters. The van der Waals surface area contributed by atoms with Gasteiger partial charge in [0.05, 0.1) is 12.1 Å². The summed E-state index contributed by atoms with van der Waals surface area (Å²) < 4.78 is 0. The molecule has 1 rings (SSSR count). The monoisotopic (exact) mass is 277 g/mol. The number of benzene rings is 1. The van der Waals surface area contributed by atoms with Gasteiger partial charge in [-0.1, -0.05) is 30.3 Å². The Morgan fingerprint density at radius 1 is 1.35 bits per heavy atom. The highest BCUT2D eigenvalue weighted by Crippen LogP contribution is 2.08. The van der Waals surface area contributed by atoms with Gasteiger partial charge in [0.15, 0.2) is 0 Å². The van der Waals surface area contributed by atoms with E-state index in [4.69, 9.17) is 11.5 Å². The van der Waals surface area contributed by atoms with Crippen LogP contribution in [0.2, 0.25) is 0 Å². The van der Waals surface area contributed by atoms with Crippen LogP contribution in [0.25, 0.3) is 0 Å². The van der Waals surface area contributed by atoms with Crippen LogP contribution in [0.4, 0.5) is 0 Å². The molecule has 0 spiro atoms. The molecular formula is C15H23N3O2. The number of aldehydes is 1. The van der Waals surface area contributed by atoms with Crippen molar-refractivity contribution in [2.24, 2.45) is 11.5 Å². The standard InChI is InChI=1S/C15H23N3O2/c1-18(13(11-19)8-5-9-16)15(20)14(17)10-12-6-3-2-4-7-12/h2-4,6-7,11,13-14H,5,8-10,16-17H2,1H3/t13-,14+/m0/s1. The maximum Gasteiger partial charge on any atom is 0.240 e. The van der Waals surface area contributed by atoms with E-state index in [0.717, 1.165) is 11.8 Å². The van der Waals surface area contributed by atoms with Gasteiger partial charge in [-0.05, 0) is 31.4 Å². The zero-order valence-corrected chi connectivity index (χ0v) is 11.9. The smallest absolute Gasteiger partial charge is 0.240 e. The predicted octanol–water partition coefficient (Wildman–Crippen LogP) is 0.321. The van der Waals surface area contributed by atoms with Gasteiger partial charge in [-0.3, -0.25) is 4.79 Å². The Bertz CT molecular complexity index is 422. The van der Waals surface area contributed by atoms with Crippen LogP contribution in [-0.4, -0.2) is 42.8 Å². The van der Waals surface area contributed by atoms with E-state index in [2.05, 4.69) is 0 Å². The third-order valence-electron chi connectivity index (χ3n) is 3.32. The Morgan fingerprint density at radius 3 is 2.55 bits per heavy atom. The first-order valence-corrected chi connectivity index (χ1v) is 6.81. The molecular weight excluding hydrogens is 254 g/mol. The fourth-order valence-corrected chi connectivity index (χ4v) is 2.06. The molecule has 5 heteroatoms. The van der Waals surface area contributed by atoms with Gasteiger partial charge in [-0.2, -0.15) is 0 Å². The van der Waals surface area contributed by atoms with Crippen LogP contribution in [0.1, 0.15) is 18.4 Å². The van der Waals surface area contributed by atoms with Crippen molar-refractivity contribution in [3.63, 3.8) is 0 Å². The number of nitrogens with two attached hydrogens (primary N) is 2. The summed E-state index contributed by atoms with van der Waals surface area (Å²) in [5, 5.41) is 0. The molecule has 0 aliphatic rings. The van der Waals surface area contributed by atoms with E-state index < -0.39 is 12.1 Å². The second kappa shape index (κ2) is 8.45.